The van der Waals surface area contributed by atoms with Crippen LogP contribution in [0.25, 0.3) is 0 Å². The van der Waals surface area contributed by atoms with E-state index in [0.29, 0.717) is 13.0 Å². The van der Waals surface area contributed by atoms with Crippen LogP contribution in [0.15, 0.2) is 0 Å². The van der Waals surface area contributed by atoms with Crippen LogP contribution in [-0.4, -0.2) is 89.6 Å². The lowest BCUT2D eigenvalue weighted by Gasteiger charge is -2.39. The first-order chi connectivity index (χ1) is 25.4. The Hall–Kier alpha value is -0.810. The van der Waals surface area contributed by atoms with Crippen LogP contribution in [0.5, 0.6) is 0 Å². The van der Waals surface area contributed by atoms with Crippen molar-refractivity contribution < 1.29 is 44.2 Å². The van der Waals surface area contributed by atoms with Gasteiger partial charge in [0.1, 0.15) is 30.5 Å². The highest BCUT2D eigenvalue weighted by atomic mass is 16.7. The highest BCUT2D eigenvalue weighted by molar-refractivity contribution is 5.69. The van der Waals surface area contributed by atoms with E-state index in [1.54, 1.807) is 0 Å². The molecule has 0 aromatic rings. The number of unbranched alkanes of at least 4 members (excludes halogenated alkanes) is 27. The second-order valence-electron chi connectivity index (χ2n) is 15.5. The summed E-state index contributed by atoms with van der Waals surface area (Å²) in [5.41, 5.74) is 0. The lowest BCUT2D eigenvalue weighted by atomic mass is 9.99. The topological polar surface area (TPSA) is 135 Å². The van der Waals surface area contributed by atoms with Crippen molar-refractivity contribution in [1.29, 1.82) is 0 Å². The molecule has 0 aliphatic carbocycles. The monoisotopic (exact) mass is 745 g/mol. The standard InChI is InChI=1S/C43H84O9/c1-3-5-7-9-11-12-13-14-15-16-17-18-19-20-21-22-23-24-25-27-29-31-33-49-35-37(51-39(45)32-30-28-26-10-8-6-4-2)36-50-43-42(48)41(47)40(46)38(34-44)52-43/h37-38,40-44,46-48H,3-36H2,1-2H3. The van der Waals surface area contributed by atoms with Crippen molar-refractivity contribution in [2.45, 2.75) is 243 Å². The molecule has 0 bridgehead atoms. The van der Waals surface area contributed by atoms with Crippen LogP contribution in [0, 0.1) is 0 Å². The summed E-state index contributed by atoms with van der Waals surface area (Å²) in [5.74, 6) is -0.316. The van der Waals surface area contributed by atoms with Gasteiger partial charge in [-0.25, -0.2) is 0 Å². The van der Waals surface area contributed by atoms with Crippen LogP contribution >= 0.6 is 0 Å². The number of carbonyl (C=O) groups is 1. The SMILES string of the molecule is CCCCCCCCCCCCCCCCCCCCCCCCOCC(COC1OC(CO)C(O)C(O)C1O)OC(=O)CCCCCCCCC. The zero-order valence-corrected chi connectivity index (χ0v) is 33.8. The van der Waals surface area contributed by atoms with E-state index in [1.165, 1.54) is 154 Å². The fourth-order valence-electron chi connectivity index (χ4n) is 7.02. The number of hydrogen-bond donors (Lipinski definition) is 4. The third-order valence-electron chi connectivity index (χ3n) is 10.5. The molecule has 9 heteroatoms. The van der Waals surface area contributed by atoms with Gasteiger partial charge in [0.05, 0.1) is 19.8 Å². The van der Waals surface area contributed by atoms with E-state index in [4.69, 9.17) is 18.9 Å². The van der Waals surface area contributed by atoms with E-state index in [1.807, 2.05) is 0 Å². The highest BCUT2D eigenvalue weighted by Crippen LogP contribution is 2.23. The lowest BCUT2D eigenvalue weighted by molar-refractivity contribution is -0.305. The lowest BCUT2D eigenvalue weighted by Crippen LogP contribution is -2.59. The molecule has 0 amide bonds. The predicted octanol–water partition coefficient (Wildman–Crippen LogP) is 9.47. The molecular weight excluding hydrogens is 660 g/mol. The smallest absolute Gasteiger partial charge is 0.306 e. The first-order valence-electron chi connectivity index (χ1n) is 22.1. The van der Waals surface area contributed by atoms with Crippen LogP contribution in [0.2, 0.25) is 0 Å². The molecule has 52 heavy (non-hydrogen) atoms. The summed E-state index contributed by atoms with van der Waals surface area (Å²) in [6.07, 6.45) is 30.2. The molecule has 1 rings (SSSR count). The van der Waals surface area contributed by atoms with E-state index in [-0.39, 0.29) is 19.2 Å². The molecule has 4 N–H and O–H groups in total. The Morgan fingerprint density at radius 1 is 0.538 bits per heavy atom. The number of hydrogen-bond acceptors (Lipinski definition) is 9. The minimum absolute atomic E-state index is 0.106. The quantitative estimate of drug-likeness (QED) is 0.0360. The fourth-order valence-corrected chi connectivity index (χ4v) is 7.02. The molecule has 1 aliphatic heterocycles. The molecule has 0 radical (unpaired) electrons. The second kappa shape index (κ2) is 35.9. The predicted molar refractivity (Wildman–Crippen MR) is 210 cm³/mol. The summed E-state index contributed by atoms with van der Waals surface area (Å²) in [7, 11) is 0. The van der Waals surface area contributed by atoms with E-state index < -0.39 is 43.4 Å². The molecular formula is C43H84O9. The third-order valence-corrected chi connectivity index (χ3v) is 10.5. The number of rotatable bonds is 38. The number of aliphatic hydroxyl groups excluding tert-OH is 4. The van der Waals surface area contributed by atoms with Gasteiger partial charge in [0.2, 0.25) is 0 Å². The molecule has 1 heterocycles. The maximum atomic E-state index is 12.6. The second-order valence-corrected chi connectivity index (χ2v) is 15.5. The Kier molecular flexibility index (Phi) is 33.9. The fraction of sp³-hybridized carbons (Fsp3) is 0.977. The van der Waals surface area contributed by atoms with Gasteiger partial charge in [-0.05, 0) is 12.8 Å². The number of esters is 1. The summed E-state index contributed by atoms with van der Waals surface area (Å²) >= 11 is 0. The van der Waals surface area contributed by atoms with Gasteiger partial charge >= 0.3 is 5.97 Å². The number of aliphatic hydroxyl groups is 4. The minimum Gasteiger partial charge on any atom is -0.457 e. The van der Waals surface area contributed by atoms with Crippen molar-refractivity contribution >= 4 is 5.97 Å². The van der Waals surface area contributed by atoms with Crippen molar-refractivity contribution in [2.24, 2.45) is 0 Å². The zero-order chi connectivity index (χ0) is 37.9. The molecule has 0 spiro atoms. The Bertz CT molecular complexity index is 767. The summed E-state index contributed by atoms with van der Waals surface area (Å²) in [6.45, 7) is 4.55. The van der Waals surface area contributed by atoms with Crippen LogP contribution in [-0.2, 0) is 23.7 Å². The summed E-state index contributed by atoms with van der Waals surface area (Å²) < 4.78 is 22.7. The van der Waals surface area contributed by atoms with Crippen molar-refractivity contribution in [2.75, 3.05) is 26.4 Å². The summed E-state index contributed by atoms with van der Waals surface area (Å²) in [4.78, 5) is 12.6. The van der Waals surface area contributed by atoms with E-state index in [2.05, 4.69) is 13.8 Å². The molecule has 0 saturated carbocycles. The summed E-state index contributed by atoms with van der Waals surface area (Å²) in [6, 6.07) is 0. The average molecular weight is 745 g/mol. The Labute approximate surface area is 319 Å². The van der Waals surface area contributed by atoms with E-state index >= 15 is 0 Å². The van der Waals surface area contributed by atoms with Gasteiger partial charge < -0.3 is 39.4 Å². The third kappa shape index (κ3) is 26.9. The van der Waals surface area contributed by atoms with E-state index in [9.17, 15) is 25.2 Å². The van der Waals surface area contributed by atoms with Gasteiger partial charge in [-0.1, -0.05) is 187 Å². The molecule has 310 valence electrons. The van der Waals surface area contributed by atoms with Gasteiger partial charge in [-0.3, -0.25) is 4.79 Å². The van der Waals surface area contributed by atoms with Crippen molar-refractivity contribution in [3.05, 3.63) is 0 Å². The normalized spacial score (nSPS) is 21.1. The first kappa shape index (κ1) is 49.2. The molecule has 6 unspecified atom stereocenters. The first-order valence-corrected chi connectivity index (χ1v) is 22.1. The highest BCUT2D eigenvalue weighted by Gasteiger charge is 2.44. The van der Waals surface area contributed by atoms with Gasteiger partial charge in [-0.2, -0.15) is 0 Å². The van der Waals surface area contributed by atoms with Crippen LogP contribution < -0.4 is 0 Å². The van der Waals surface area contributed by atoms with E-state index in [0.717, 1.165) is 32.1 Å². The van der Waals surface area contributed by atoms with Gasteiger partial charge in [0.25, 0.3) is 0 Å². The Balaban J connectivity index is 2.13. The molecule has 0 aromatic carbocycles. The van der Waals surface area contributed by atoms with Crippen LogP contribution in [0.4, 0.5) is 0 Å². The molecule has 1 fully saturated rings. The van der Waals surface area contributed by atoms with Crippen molar-refractivity contribution in [1.82, 2.24) is 0 Å². The average Bonchev–Trinajstić information content (AvgIpc) is 3.14. The number of carbonyl (C=O) groups excluding carboxylic acids is 1. The summed E-state index contributed by atoms with van der Waals surface area (Å²) in [5, 5.41) is 39.9. The zero-order valence-electron chi connectivity index (χ0n) is 33.8. The van der Waals surface area contributed by atoms with Crippen molar-refractivity contribution in [3.63, 3.8) is 0 Å². The minimum atomic E-state index is -1.53. The molecule has 1 saturated heterocycles. The van der Waals surface area contributed by atoms with Gasteiger partial charge in [0.15, 0.2) is 6.29 Å². The maximum absolute atomic E-state index is 12.6. The maximum Gasteiger partial charge on any atom is 0.306 e. The Morgan fingerprint density at radius 2 is 0.942 bits per heavy atom. The van der Waals surface area contributed by atoms with Crippen molar-refractivity contribution in [3.8, 4) is 0 Å². The number of ether oxygens (including phenoxy) is 4. The van der Waals surface area contributed by atoms with Crippen LogP contribution in [0.3, 0.4) is 0 Å². The Morgan fingerprint density at radius 3 is 1.37 bits per heavy atom. The molecule has 1 aliphatic rings. The molecule has 9 nitrogen and oxygen atoms in total. The van der Waals surface area contributed by atoms with Gasteiger partial charge in [0, 0.05) is 13.0 Å². The molecule has 0 aromatic heterocycles. The molecule has 6 atom stereocenters. The largest absolute Gasteiger partial charge is 0.457 e. The van der Waals surface area contributed by atoms with Gasteiger partial charge in [-0.15, -0.1) is 0 Å². The van der Waals surface area contributed by atoms with Crippen LogP contribution in [0.1, 0.15) is 206 Å².